The number of hydrogen-bond donors (Lipinski definition) is 0. The van der Waals surface area contributed by atoms with Crippen molar-refractivity contribution in [2.75, 3.05) is 13.7 Å². The van der Waals surface area contributed by atoms with Crippen LogP contribution in [0.15, 0.2) is 30.3 Å². The highest BCUT2D eigenvalue weighted by atomic mass is 16.6. The first kappa shape index (κ1) is 13.5. The maximum absolute atomic E-state index is 11.5. The van der Waals surface area contributed by atoms with Crippen molar-refractivity contribution in [1.82, 2.24) is 0 Å². The molecule has 0 heterocycles. The molecular formula is C14H18O3. The molecule has 0 bridgehead atoms. The van der Waals surface area contributed by atoms with E-state index in [1.807, 2.05) is 37.3 Å². The second-order valence-electron chi connectivity index (χ2n) is 3.68. The monoisotopic (exact) mass is 234 g/mol. The average molecular weight is 234 g/mol. The second kappa shape index (κ2) is 6.86. The van der Waals surface area contributed by atoms with Gasteiger partial charge in [-0.2, -0.15) is 0 Å². The number of hydrogen-bond acceptors (Lipinski definition) is 3. The minimum Gasteiger partial charge on any atom is -0.464 e. The Morgan fingerprint density at radius 2 is 2.00 bits per heavy atom. The number of aryl methyl sites for hydroxylation is 1. The molecule has 0 aliphatic heterocycles. The first-order valence-electron chi connectivity index (χ1n) is 5.61. The Balaban J connectivity index is 2.67. The summed E-state index contributed by atoms with van der Waals surface area (Å²) in [5.41, 5.74) is 2.23. The molecule has 1 rings (SSSR count). The van der Waals surface area contributed by atoms with Gasteiger partial charge in [0.15, 0.2) is 6.10 Å². The van der Waals surface area contributed by atoms with Crippen LogP contribution in [0, 0.1) is 6.92 Å². The molecule has 17 heavy (non-hydrogen) atoms. The fourth-order valence-corrected chi connectivity index (χ4v) is 1.35. The van der Waals surface area contributed by atoms with Gasteiger partial charge in [-0.1, -0.05) is 35.9 Å². The lowest BCUT2D eigenvalue weighted by Gasteiger charge is -2.09. The molecule has 0 N–H and O–H groups in total. The summed E-state index contributed by atoms with van der Waals surface area (Å²) in [7, 11) is 1.49. The van der Waals surface area contributed by atoms with Crippen molar-refractivity contribution in [3.8, 4) is 0 Å². The molecule has 0 spiro atoms. The first-order valence-corrected chi connectivity index (χ1v) is 5.61. The van der Waals surface area contributed by atoms with Gasteiger partial charge in [0.05, 0.1) is 6.61 Å². The Kier molecular flexibility index (Phi) is 5.43. The smallest absolute Gasteiger partial charge is 0.339 e. The molecule has 1 aromatic carbocycles. The maximum atomic E-state index is 11.5. The molecule has 92 valence electrons. The minimum absolute atomic E-state index is 0.358. The molecule has 0 saturated heterocycles. The molecule has 3 heteroatoms. The van der Waals surface area contributed by atoms with Gasteiger partial charge in [-0.25, -0.2) is 4.79 Å². The topological polar surface area (TPSA) is 35.5 Å². The van der Waals surface area contributed by atoms with E-state index in [-0.39, 0.29) is 5.97 Å². The molecule has 1 aromatic rings. The zero-order valence-electron chi connectivity index (χ0n) is 10.5. The summed E-state index contributed by atoms with van der Waals surface area (Å²) in [6.07, 6.45) is 2.91. The van der Waals surface area contributed by atoms with Gasteiger partial charge in [-0.3, -0.25) is 0 Å². The Bertz CT molecular complexity index is 379. The number of carbonyl (C=O) groups is 1. The molecule has 0 fully saturated rings. The fourth-order valence-electron chi connectivity index (χ4n) is 1.35. The van der Waals surface area contributed by atoms with Crippen molar-refractivity contribution in [2.24, 2.45) is 0 Å². The van der Waals surface area contributed by atoms with Crippen LogP contribution in [0.2, 0.25) is 0 Å². The standard InChI is InChI=1S/C14H18O3/c1-4-17-14(15)13(16-3)10-9-12-7-5-11(2)6-8-12/h5-10,13H,4H2,1-3H3/b10-9+. The quantitative estimate of drug-likeness (QED) is 0.734. The Morgan fingerprint density at radius 3 is 2.53 bits per heavy atom. The Labute approximate surface area is 102 Å². The SMILES string of the molecule is CCOC(=O)C(/C=C/c1ccc(C)cc1)OC. The van der Waals surface area contributed by atoms with Gasteiger partial charge in [-0.15, -0.1) is 0 Å². The van der Waals surface area contributed by atoms with Crippen LogP contribution in [0.4, 0.5) is 0 Å². The highest BCUT2D eigenvalue weighted by molar-refractivity contribution is 5.78. The molecule has 0 aliphatic rings. The number of benzene rings is 1. The summed E-state index contributed by atoms with van der Waals surface area (Å²) < 4.78 is 9.94. The molecule has 0 aliphatic carbocycles. The predicted molar refractivity (Wildman–Crippen MR) is 67.6 cm³/mol. The van der Waals surface area contributed by atoms with E-state index >= 15 is 0 Å². The van der Waals surface area contributed by atoms with Crippen LogP contribution in [-0.4, -0.2) is 25.8 Å². The highest BCUT2D eigenvalue weighted by Crippen LogP contribution is 2.07. The minimum atomic E-state index is -0.642. The van der Waals surface area contributed by atoms with Gasteiger partial charge in [0, 0.05) is 7.11 Å². The van der Waals surface area contributed by atoms with Gasteiger partial charge >= 0.3 is 5.97 Å². The van der Waals surface area contributed by atoms with Crippen molar-refractivity contribution in [3.63, 3.8) is 0 Å². The van der Waals surface area contributed by atoms with Crippen molar-refractivity contribution in [2.45, 2.75) is 20.0 Å². The van der Waals surface area contributed by atoms with E-state index in [0.717, 1.165) is 5.56 Å². The van der Waals surface area contributed by atoms with Crippen LogP contribution in [0.3, 0.4) is 0 Å². The lowest BCUT2D eigenvalue weighted by Crippen LogP contribution is -2.23. The Morgan fingerprint density at radius 1 is 1.35 bits per heavy atom. The van der Waals surface area contributed by atoms with E-state index in [1.54, 1.807) is 13.0 Å². The predicted octanol–water partition coefficient (Wildman–Crippen LogP) is 2.59. The van der Waals surface area contributed by atoms with Crippen LogP contribution in [0.25, 0.3) is 6.08 Å². The average Bonchev–Trinajstić information content (AvgIpc) is 2.32. The van der Waals surface area contributed by atoms with E-state index in [1.165, 1.54) is 12.7 Å². The van der Waals surface area contributed by atoms with Crippen LogP contribution in [0.5, 0.6) is 0 Å². The summed E-state index contributed by atoms with van der Waals surface area (Å²) in [4.78, 5) is 11.5. The molecule has 1 atom stereocenters. The molecule has 0 amide bonds. The molecule has 0 radical (unpaired) electrons. The van der Waals surface area contributed by atoms with Crippen LogP contribution >= 0.6 is 0 Å². The second-order valence-corrected chi connectivity index (χ2v) is 3.68. The zero-order valence-corrected chi connectivity index (χ0v) is 10.5. The van der Waals surface area contributed by atoms with Gasteiger partial charge in [0.2, 0.25) is 0 Å². The van der Waals surface area contributed by atoms with Gasteiger partial charge in [0.25, 0.3) is 0 Å². The van der Waals surface area contributed by atoms with Crippen molar-refractivity contribution < 1.29 is 14.3 Å². The molecule has 0 aromatic heterocycles. The van der Waals surface area contributed by atoms with Crippen LogP contribution in [0.1, 0.15) is 18.1 Å². The molecule has 1 unspecified atom stereocenters. The summed E-state index contributed by atoms with van der Waals surface area (Å²) >= 11 is 0. The third-order valence-corrected chi connectivity index (χ3v) is 2.31. The number of esters is 1. The molecular weight excluding hydrogens is 216 g/mol. The number of rotatable bonds is 5. The number of methoxy groups -OCH3 is 1. The van der Waals surface area contributed by atoms with E-state index < -0.39 is 6.10 Å². The Hall–Kier alpha value is -1.61. The lowest BCUT2D eigenvalue weighted by molar-refractivity contribution is -0.151. The lowest BCUT2D eigenvalue weighted by atomic mass is 10.1. The summed E-state index contributed by atoms with van der Waals surface area (Å²) in [6.45, 7) is 4.16. The van der Waals surface area contributed by atoms with E-state index in [0.29, 0.717) is 6.61 Å². The van der Waals surface area contributed by atoms with Crippen molar-refractivity contribution >= 4 is 12.0 Å². The molecule has 3 nitrogen and oxygen atoms in total. The third kappa shape index (κ3) is 4.41. The van der Waals surface area contributed by atoms with Gasteiger partial charge in [-0.05, 0) is 25.5 Å². The number of ether oxygens (including phenoxy) is 2. The zero-order chi connectivity index (χ0) is 12.7. The van der Waals surface area contributed by atoms with Gasteiger partial charge < -0.3 is 9.47 Å². The first-order chi connectivity index (χ1) is 8.17. The summed E-state index contributed by atoms with van der Waals surface area (Å²) in [6, 6.07) is 8.02. The van der Waals surface area contributed by atoms with Crippen LogP contribution < -0.4 is 0 Å². The summed E-state index contributed by atoms with van der Waals surface area (Å²) in [5.74, 6) is -0.363. The van der Waals surface area contributed by atoms with Crippen molar-refractivity contribution in [1.29, 1.82) is 0 Å². The molecule has 0 saturated carbocycles. The number of carbonyl (C=O) groups excluding carboxylic acids is 1. The summed E-state index contributed by atoms with van der Waals surface area (Å²) in [5, 5.41) is 0. The maximum Gasteiger partial charge on any atom is 0.339 e. The van der Waals surface area contributed by atoms with Crippen LogP contribution in [-0.2, 0) is 14.3 Å². The van der Waals surface area contributed by atoms with Gasteiger partial charge in [0.1, 0.15) is 0 Å². The largest absolute Gasteiger partial charge is 0.464 e. The van der Waals surface area contributed by atoms with E-state index in [4.69, 9.17) is 9.47 Å². The third-order valence-electron chi connectivity index (χ3n) is 2.31. The fraction of sp³-hybridized carbons (Fsp3) is 0.357. The highest BCUT2D eigenvalue weighted by Gasteiger charge is 2.14. The normalized spacial score (nSPS) is 12.6. The van der Waals surface area contributed by atoms with Crippen molar-refractivity contribution in [3.05, 3.63) is 41.5 Å². The van der Waals surface area contributed by atoms with E-state index in [9.17, 15) is 4.79 Å². The van der Waals surface area contributed by atoms with E-state index in [2.05, 4.69) is 0 Å².